The lowest BCUT2D eigenvalue weighted by atomic mass is 9.88. The molecule has 0 unspecified atom stereocenters. The number of rotatable bonds is 3. The van der Waals surface area contributed by atoms with E-state index in [2.05, 4.69) is 12.1 Å². The standard InChI is InChI=1S/C19H22N2O3/c20-12-13-3-1-4-15(11-13)14-7-9-21(10-8-14)19(24)16-5-2-6-17(22)18(16)23/h1-6,11,14,22-23H,7-10,12,20H2. The van der Waals surface area contributed by atoms with Crippen LogP contribution in [0.15, 0.2) is 42.5 Å². The molecule has 0 aliphatic carbocycles. The Morgan fingerprint density at radius 1 is 1.12 bits per heavy atom. The first-order valence-corrected chi connectivity index (χ1v) is 8.19. The molecule has 5 nitrogen and oxygen atoms in total. The van der Waals surface area contributed by atoms with E-state index in [0.29, 0.717) is 25.6 Å². The summed E-state index contributed by atoms with van der Waals surface area (Å²) in [5.74, 6) is -0.439. The second-order valence-electron chi connectivity index (χ2n) is 6.19. The van der Waals surface area contributed by atoms with Gasteiger partial charge in [0.25, 0.3) is 5.91 Å². The second-order valence-corrected chi connectivity index (χ2v) is 6.19. The Morgan fingerprint density at radius 2 is 1.83 bits per heavy atom. The number of amides is 1. The molecule has 1 heterocycles. The van der Waals surface area contributed by atoms with Gasteiger partial charge in [-0.05, 0) is 42.0 Å². The Morgan fingerprint density at radius 3 is 2.54 bits per heavy atom. The quantitative estimate of drug-likeness (QED) is 0.757. The minimum atomic E-state index is -0.347. The zero-order chi connectivity index (χ0) is 17.1. The number of hydrogen-bond acceptors (Lipinski definition) is 4. The van der Waals surface area contributed by atoms with E-state index in [1.807, 2.05) is 12.1 Å². The third-order valence-corrected chi connectivity index (χ3v) is 4.69. The summed E-state index contributed by atoms with van der Waals surface area (Å²) < 4.78 is 0. The summed E-state index contributed by atoms with van der Waals surface area (Å²) >= 11 is 0. The van der Waals surface area contributed by atoms with Crippen LogP contribution >= 0.6 is 0 Å². The van der Waals surface area contributed by atoms with Gasteiger partial charge in [0, 0.05) is 19.6 Å². The number of piperidine rings is 1. The first-order chi connectivity index (χ1) is 11.6. The van der Waals surface area contributed by atoms with Crippen molar-refractivity contribution in [3.8, 4) is 11.5 Å². The lowest BCUT2D eigenvalue weighted by Crippen LogP contribution is -2.38. The number of aromatic hydroxyl groups is 2. The zero-order valence-corrected chi connectivity index (χ0v) is 13.5. The van der Waals surface area contributed by atoms with Crippen LogP contribution in [-0.2, 0) is 6.54 Å². The Bertz CT molecular complexity index is 737. The van der Waals surface area contributed by atoms with Crippen molar-refractivity contribution >= 4 is 5.91 Å². The molecule has 0 aromatic heterocycles. The minimum absolute atomic E-state index is 0.151. The van der Waals surface area contributed by atoms with Crippen molar-refractivity contribution in [2.75, 3.05) is 13.1 Å². The van der Waals surface area contributed by atoms with Gasteiger partial charge in [0.2, 0.25) is 0 Å². The second kappa shape index (κ2) is 6.93. The average molecular weight is 326 g/mol. The van der Waals surface area contributed by atoms with Crippen molar-refractivity contribution in [2.24, 2.45) is 5.73 Å². The number of nitrogens with two attached hydrogens (primary N) is 1. The number of nitrogens with zero attached hydrogens (tertiary/aromatic N) is 1. The maximum atomic E-state index is 12.6. The Kier molecular flexibility index (Phi) is 4.71. The summed E-state index contributed by atoms with van der Waals surface area (Å²) in [7, 11) is 0. The highest BCUT2D eigenvalue weighted by atomic mass is 16.3. The molecule has 0 saturated carbocycles. The van der Waals surface area contributed by atoms with E-state index >= 15 is 0 Å². The predicted molar refractivity (Wildman–Crippen MR) is 92.0 cm³/mol. The van der Waals surface area contributed by atoms with Crippen LogP contribution < -0.4 is 5.73 Å². The van der Waals surface area contributed by atoms with Crippen molar-refractivity contribution in [2.45, 2.75) is 25.3 Å². The largest absolute Gasteiger partial charge is 0.504 e. The van der Waals surface area contributed by atoms with Crippen molar-refractivity contribution in [3.63, 3.8) is 0 Å². The van der Waals surface area contributed by atoms with Gasteiger partial charge in [0.15, 0.2) is 11.5 Å². The van der Waals surface area contributed by atoms with Crippen LogP contribution in [0.1, 0.15) is 40.2 Å². The zero-order valence-electron chi connectivity index (χ0n) is 13.5. The Hall–Kier alpha value is -2.53. The van der Waals surface area contributed by atoms with Crippen molar-refractivity contribution < 1.29 is 15.0 Å². The topological polar surface area (TPSA) is 86.8 Å². The first kappa shape index (κ1) is 16.3. The fourth-order valence-corrected chi connectivity index (χ4v) is 3.26. The van der Waals surface area contributed by atoms with Crippen LogP contribution in [0, 0.1) is 0 Å². The summed E-state index contributed by atoms with van der Waals surface area (Å²) in [5.41, 5.74) is 8.25. The molecule has 1 amide bonds. The normalized spacial score (nSPS) is 15.5. The smallest absolute Gasteiger partial charge is 0.257 e. The van der Waals surface area contributed by atoms with Gasteiger partial charge >= 0.3 is 0 Å². The van der Waals surface area contributed by atoms with Crippen molar-refractivity contribution in [1.29, 1.82) is 0 Å². The van der Waals surface area contributed by atoms with Crippen LogP contribution in [0.3, 0.4) is 0 Å². The molecule has 0 radical (unpaired) electrons. The van der Waals surface area contributed by atoms with E-state index in [4.69, 9.17) is 5.73 Å². The van der Waals surface area contributed by atoms with Gasteiger partial charge < -0.3 is 20.8 Å². The molecule has 0 bridgehead atoms. The number of phenols is 2. The molecule has 126 valence electrons. The molecular formula is C19H22N2O3. The SMILES string of the molecule is NCc1cccc(C2CCN(C(=O)c3cccc(O)c3O)CC2)c1. The van der Waals surface area contributed by atoms with E-state index in [1.165, 1.54) is 17.7 Å². The maximum absolute atomic E-state index is 12.6. The molecule has 1 fully saturated rings. The van der Waals surface area contributed by atoms with Gasteiger partial charge in [-0.1, -0.05) is 30.3 Å². The van der Waals surface area contributed by atoms with E-state index in [-0.39, 0.29) is 23.0 Å². The van der Waals surface area contributed by atoms with Gasteiger partial charge in [0.05, 0.1) is 5.56 Å². The number of hydrogen-bond donors (Lipinski definition) is 3. The van der Waals surface area contributed by atoms with Crippen LogP contribution in [0.4, 0.5) is 0 Å². The predicted octanol–water partition coefficient (Wildman–Crippen LogP) is 2.58. The van der Waals surface area contributed by atoms with Crippen LogP contribution in [0.2, 0.25) is 0 Å². The van der Waals surface area contributed by atoms with Crippen LogP contribution in [0.5, 0.6) is 11.5 Å². The molecule has 1 aliphatic heterocycles. The molecule has 0 atom stereocenters. The fraction of sp³-hybridized carbons (Fsp3) is 0.316. The Balaban J connectivity index is 1.68. The van der Waals surface area contributed by atoms with Crippen molar-refractivity contribution in [1.82, 2.24) is 4.90 Å². The first-order valence-electron chi connectivity index (χ1n) is 8.19. The lowest BCUT2D eigenvalue weighted by Gasteiger charge is -2.32. The number of phenolic OH excluding ortho intramolecular Hbond substituents is 2. The highest BCUT2D eigenvalue weighted by Crippen LogP contribution is 2.32. The van der Waals surface area contributed by atoms with Crippen molar-refractivity contribution in [3.05, 3.63) is 59.2 Å². The molecule has 0 spiro atoms. The highest BCUT2D eigenvalue weighted by molar-refractivity contribution is 5.97. The number of carbonyl (C=O) groups excluding carboxylic acids is 1. The molecule has 4 N–H and O–H groups in total. The number of likely N-dealkylation sites (tertiary alicyclic amines) is 1. The fourth-order valence-electron chi connectivity index (χ4n) is 3.26. The van der Waals surface area contributed by atoms with Gasteiger partial charge in [-0.15, -0.1) is 0 Å². The Labute approximate surface area is 141 Å². The van der Waals surface area contributed by atoms with Crippen LogP contribution in [0.25, 0.3) is 0 Å². The number of carbonyl (C=O) groups is 1. The summed E-state index contributed by atoms with van der Waals surface area (Å²) in [5, 5.41) is 19.4. The minimum Gasteiger partial charge on any atom is -0.504 e. The van der Waals surface area contributed by atoms with E-state index < -0.39 is 0 Å². The van der Waals surface area contributed by atoms with E-state index in [9.17, 15) is 15.0 Å². The molecule has 1 aliphatic rings. The summed E-state index contributed by atoms with van der Waals surface area (Å²) in [6.07, 6.45) is 1.75. The van der Waals surface area contributed by atoms with E-state index in [1.54, 1.807) is 11.0 Å². The maximum Gasteiger partial charge on any atom is 0.257 e. The van der Waals surface area contributed by atoms with Gasteiger partial charge in [0.1, 0.15) is 0 Å². The van der Waals surface area contributed by atoms with Gasteiger partial charge in [-0.3, -0.25) is 4.79 Å². The summed E-state index contributed by atoms with van der Waals surface area (Å²) in [4.78, 5) is 14.3. The molecular weight excluding hydrogens is 304 g/mol. The molecule has 2 aromatic carbocycles. The lowest BCUT2D eigenvalue weighted by molar-refractivity contribution is 0.0709. The monoisotopic (exact) mass is 326 g/mol. The molecule has 5 heteroatoms. The van der Waals surface area contributed by atoms with Gasteiger partial charge in [-0.2, -0.15) is 0 Å². The third kappa shape index (κ3) is 3.21. The summed E-state index contributed by atoms with van der Waals surface area (Å²) in [6, 6.07) is 12.8. The molecule has 24 heavy (non-hydrogen) atoms. The molecule has 1 saturated heterocycles. The van der Waals surface area contributed by atoms with E-state index in [0.717, 1.165) is 18.4 Å². The molecule has 3 rings (SSSR count). The number of para-hydroxylation sites is 1. The third-order valence-electron chi connectivity index (χ3n) is 4.69. The summed E-state index contributed by atoms with van der Waals surface area (Å²) in [6.45, 7) is 1.79. The highest BCUT2D eigenvalue weighted by Gasteiger charge is 2.26. The number of benzene rings is 2. The van der Waals surface area contributed by atoms with Crippen LogP contribution in [-0.4, -0.2) is 34.1 Å². The molecule has 2 aromatic rings. The average Bonchev–Trinajstić information content (AvgIpc) is 2.63. The van der Waals surface area contributed by atoms with Gasteiger partial charge in [-0.25, -0.2) is 0 Å².